The number of nitrogens with zero attached hydrogens (tertiary/aromatic N) is 4. The molecular weight excluding hydrogens is 513 g/mol. The Kier molecular flexibility index (Phi) is 7.96. The molecule has 4 aliphatic rings. The van der Waals surface area contributed by atoms with Crippen molar-refractivity contribution in [3.05, 3.63) is 36.5 Å². The summed E-state index contributed by atoms with van der Waals surface area (Å²) in [6.45, 7) is 5.10. The molecule has 1 spiro atoms. The van der Waals surface area contributed by atoms with Gasteiger partial charge in [0.1, 0.15) is 12.1 Å². The molecule has 2 N–H and O–H groups in total. The number of nitrogens with one attached hydrogen (secondary N) is 1. The van der Waals surface area contributed by atoms with Crippen LogP contribution in [0.4, 0.5) is 15.0 Å². The average Bonchev–Trinajstić information content (AvgIpc) is 3.69. The summed E-state index contributed by atoms with van der Waals surface area (Å²) in [6.07, 6.45) is 12.9. The van der Waals surface area contributed by atoms with Crippen molar-refractivity contribution >= 4 is 11.9 Å². The minimum atomic E-state index is -0.913. The average molecular weight is 554 g/mol. The summed E-state index contributed by atoms with van der Waals surface area (Å²) < 4.78 is 26.6. The number of ether oxygens (including phenoxy) is 2. The molecule has 2 saturated carbocycles. The second-order valence-electron chi connectivity index (χ2n) is 12.3. The summed E-state index contributed by atoms with van der Waals surface area (Å²) in [5, 5.41) is 11.6. The van der Waals surface area contributed by atoms with Crippen molar-refractivity contribution in [3.8, 4) is 17.2 Å². The summed E-state index contributed by atoms with van der Waals surface area (Å²) in [5.41, 5.74) is 0.233. The van der Waals surface area contributed by atoms with Crippen LogP contribution in [-0.2, 0) is 0 Å². The lowest BCUT2D eigenvalue weighted by Gasteiger charge is -2.32. The van der Waals surface area contributed by atoms with Gasteiger partial charge in [-0.3, -0.25) is 0 Å². The van der Waals surface area contributed by atoms with Crippen molar-refractivity contribution in [2.24, 2.45) is 11.3 Å². The summed E-state index contributed by atoms with van der Waals surface area (Å²) in [7, 11) is 0. The van der Waals surface area contributed by atoms with Crippen molar-refractivity contribution in [2.45, 2.75) is 76.4 Å². The van der Waals surface area contributed by atoms with Gasteiger partial charge in [-0.15, -0.1) is 0 Å². The van der Waals surface area contributed by atoms with Crippen LogP contribution < -0.4 is 19.7 Å². The van der Waals surface area contributed by atoms with E-state index in [0.29, 0.717) is 23.2 Å². The highest BCUT2D eigenvalue weighted by molar-refractivity contribution is 5.64. The molecule has 3 heterocycles. The van der Waals surface area contributed by atoms with Gasteiger partial charge in [0, 0.05) is 43.7 Å². The fourth-order valence-corrected chi connectivity index (χ4v) is 7.24. The van der Waals surface area contributed by atoms with E-state index < -0.39 is 6.09 Å². The molecule has 2 aliphatic heterocycles. The monoisotopic (exact) mass is 553 g/mol. The first kappa shape index (κ1) is 27.1. The van der Waals surface area contributed by atoms with E-state index in [9.17, 15) is 9.18 Å². The molecule has 1 amide bonds. The lowest BCUT2D eigenvalue weighted by Crippen LogP contribution is -2.39. The normalized spacial score (nSPS) is 27.4. The summed E-state index contributed by atoms with van der Waals surface area (Å²) in [6, 6.07) is 4.53. The first-order valence-corrected chi connectivity index (χ1v) is 14.9. The van der Waals surface area contributed by atoms with Gasteiger partial charge in [0.25, 0.3) is 0 Å². The predicted octanol–water partition coefficient (Wildman–Crippen LogP) is 5.46. The van der Waals surface area contributed by atoms with Crippen LogP contribution >= 0.6 is 0 Å². The van der Waals surface area contributed by atoms with Gasteiger partial charge in [0.05, 0.1) is 12.3 Å². The van der Waals surface area contributed by atoms with Crippen molar-refractivity contribution in [1.82, 2.24) is 20.2 Å². The van der Waals surface area contributed by atoms with Crippen LogP contribution in [0.5, 0.6) is 17.2 Å². The Morgan fingerprint density at radius 3 is 2.65 bits per heavy atom. The predicted molar refractivity (Wildman–Crippen MR) is 149 cm³/mol. The molecule has 0 bridgehead atoms. The molecular formula is C30H40FN5O4. The van der Waals surface area contributed by atoms with E-state index in [1.807, 2.05) is 0 Å². The zero-order valence-corrected chi connectivity index (χ0v) is 23.1. The van der Waals surface area contributed by atoms with Gasteiger partial charge in [-0.1, -0.05) is 0 Å². The summed E-state index contributed by atoms with van der Waals surface area (Å²) in [5.74, 6) is 2.53. The molecule has 216 valence electrons. The Bertz CT molecular complexity index is 1190. The minimum Gasteiger partial charge on any atom is -0.486 e. The fourth-order valence-electron chi connectivity index (χ4n) is 7.24. The molecule has 6 rings (SSSR count). The number of carboxylic acid groups (broad SMARTS) is 1. The Morgan fingerprint density at radius 2 is 1.85 bits per heavy atom. The number of hydrogen-bond donors (Lipinski definition) is 2. The summed E-state index contributed by atoms with van der Waals surface area (Å²) in [4.78, 5) is 24.7. The van der Waals surface area contributed by atoms with Gasteiger partial charge in [0.2, 0.25) is 0 Å². The molecule has 4 fully saturated rings. The van der Waals surface area contributed by atoms with Crippen LogP contribution in [0.2, 0.25) is 0 Å². The second-order valence-corrected chi connectivity index (χ2v) is 12.3. The van der Waals surface area contributed by atoms with E-state index in [1.54, 1.807) is 18.6 Å². The van der Waals surface area contributed by atoms with Crippen molar-refractivity contribution in [1.29, 1.82) is 0 Å². The van der Waals surface area contributed by atoms with E-state index in [-0.39, 0.29) is 23.4 Å². The van der Waals surface area contributed by atoms with Crippen molar-refractivity contribution < 1.29 is 23.8 Å². The zero-order valence-electron chi connectivity index (χ0n) is 23.1. The van der Waals surface area contributed by atoms with Crippen LogP contribution in [0.1, 0.15) is 64.2 Å². The topological polar surface area (TPSA) is 100 Å². The largest absolute Gasteiger partial charge is 0.486 e. The van der Waals surface area contributed by atoms with Crippen LogP contribution in [0.3, 0.4) is 0 Å². The quantitative estimate of drug-likeness (QED) is 0.445. The van der Waals surface area contributed by atoms with Gasteiger partial charge in [-0.05, 0) is 88.8 Å². The maximum Gasteiger partial charge on any atom is 0.404 e. The number of aromatic nitrogens is 2. The van der Waals surface area contributed by atoms with E-state index in [2.05, 4.69) is 25.1 Å². The van der Waals surface area contributed by atoms with Gasteiger partial charge < -0.3 is 29.7 Å². The molecule has 2 aliphatic carbocycles. The van der Waals surface area contributed by atoms with Crippen molar-refractivity contribution in [3.63, 3.8) is 0 Å². The molecule has 2 saturated heterocycles. The third-order valence-corrected chi connectivity index (χ3v) is 9.33. The maximum atomic E-state index is 14.1. The lowest BCUT2D eigenvalue weighted by atomic mass is 9.85. The van der Waals surface area contributed by atoms with Gasteiger partial charge in [0.15, 0.2) is 23.1 Å². The molecule has 2 aromatic rings. The number of rotatable bonds is 8. The SMILES string of the molecule is O=C(O)N[C@H]1CC[C@H](CN2CCC3(CCN(c4ncncc4Oc4ccc(F)cc4OC4CCCC4)C3)C2)CC1. The minimum absolute atomic E-state index is 0.0934. The molecule has 40 heavy (non-hydrogen) atoms. The molecule has 10 heteroatoms. The number of benzene rings is 1. The van der Waals surface area contributed by atoms with Crippen molar-refractivity contribution in [2.75, 3.05) is 37.6 Å². The third kappa shape index (κ3) is 6.27. The molecule has 9 nitrogen and oxygen atoms in total. The standard InChI is InChI=1S/C30H40FN5O4/c31-22-7-10-25(26(15-22)39-24-3-1-2-4-24)40-27-16-32-20-33-28(27)36-14-12-30(19-36)11-13-35(18-30)17-21-5-8-23(9-6-21)34-29(37)38/h7,10,15-16,20-21,23-24,34H,1-6,8-9,11-14,17-19H2,(H,37,38)/t21-,23-,30?. The zero-order chi connectivity index (χ0) is 27.5. The number of hydrogen-bond acceptors (Lipinski definition) is 7. The molecule has 0 radical (unpaired) electrons. The van der Waals surface area contributed by atoms with E-state index >= 15 is 0 Å². The number of carbonyl (C=O) groups is 1. The number of likely N-dealkylation sites (tertiary alicyclic amines) is 1. The summed E-state index contributed by atoms with van der Waals surface area (Å²) >= 11 is 0. The van der Waals surface area contributed by atoms with Crippen LogP contribution in [0, 0.1) is 17.2 Å². The Balaban J connectivity index is 1.08. The fraction of sp³-hybridized carbons (Fsp3) is 0.633. The Morgan fingerprint density at radius 1 is 1.05 bits per heavy atom. The van der Waals surface area contributed by atoms with Crippen LogP contribution in [0.25, 0.3) is 0 Å². The second kappa shape index (κ2) is 11.8. The molecule has 1 aromatic heterocycles. The Labute approximate surface area is 235 Å². The lowest BCUT2D eigenvalue weighted by molar-refractivity contribution is 0.172. The number of halogens is 1. The highest BCUT2D eigenvalue weighted by Crippen LogP contribution is 2.44. The molecule has 1 atom stereocenters. The highest BCUT2D eigenvalue weighted by Gasteiger charge is 2.44. The first-order chi connectivity index (χ1) is 19.4. The Hall–Kier alpha value is -3.14. The first-order valence-electron chi connectivity index (χ1n) is 14.9. The van der Waals surface area contributed by atoms with E-state index in [4.69, 9.17) is 14.6 Å². The van der Waals surface area contributed by atoms with Gasteiger partial charge in [-0.25, -0.2) is 19.2 Å². The van der Waals surface area contributed by atoms with Gasteiger partial charge in [-0.2, -0.15) is 0 Å². The molecule has 1 aromatic carbocycles. The third-order valence-electron chi connectivity index (χ3n) is 9.33. The highest BCUT2D eigenvalue weighted by atomic mass is 19.1. The van der Waals surface area contributed by atoms with Crippen LogP contribution in [-0.4, -0.2) is 70.9 Å². The number of amides is 1. The smallest absolute Gasteiger partial charge is 0.404 e. The van der Waals surface area contributed by atoms with E-state index in [1.165, 1.54) is 12.1 Å². The van der Waals surface area contributed by atoms with Gasteiger partial charge >= 0.3 is 6.09 Å². The molecule has 1 unspecified atom stereocenters. The van der Waals surface area contributed by atoms with E-state index in [0.717, 1.165) is 103 Å². The van der Waals surface area contributed by atoms with Crippen LogP contribution in [0.15, 0.2) is 30.7 Å². The maximum absolute atomic E-state index is 14.1. The number of anilines is 1.